The monoisotopic (exact) mass is 310 g/mol. The Morgan fingerprint density at radius 3 is 2.87 bits per heavy atom. The Labute approximate surface area is 132 Å². The Morgan fingerprint density at radius 1 is 1.17 bits per heavy atom. The number of nitrogens with zero attached hydrogens (tertiary/aromatic N) is 1. The molecule has 0 saturated carbocycles. The Kier molecular flexibility index (Phi) is 4.30. The van der Waals surface area contributed by atoms with Crippen LogP contribution in [0, 0.1) is 5.82 Å². The number of halogens is 1. The molecule has 0 fully saturated rings. The molecule has 23 heavy (non-hydrogen) atoms. The molecule has 2 aromatic carbocycles. The fourth-order valence-corrected chi connectivity index (χ4v) is 2.44. The van der Waals surface area contributed by atoms with Gasteiger partial charge >= 0.3 is 0 Å². The number of carbonyl (C=O) groups excluding carboxylic acids is 1. The average Bonchev–Trinajstić information content (AvgIpc) is 2.60. The normalized spacial score (nSPS) is 10.7. The summed E-state index contributed by atoms with van der Waals surface area (Å²) >= 11 is 0. The van der Waals surface area contributed by atoms with Gasteiger partial charge in [0.2, 0.25) is 0 Å². The van der Waals surface area contributed by atoms with Gasteiger partial charge in [-0.15, -0.1) is 0 Å². The van der Waals surface area contributed by atoms with Gasteiger partial charge in [0.15, 0.2) is 0 Å². The fraction of sp³-hybridized carbons (Fsp3) is 0.111. The standard InChI is InChI=1S/C18H15FN2O2/c19-16-7-6-12(9-13(16)11-22)10-21-18(23)15-3-1-5-17-14(15)4-2-8-20-17/h1-9,22H,10-11H2,(H,21,23). The second kappa shape index (κ2) is 6.54. The zero-order chi connectivity index (χ0) is 16.2. The van der Waals surface area contributed by atoms with Crippen molar-refractivity contribution in [3.05, 3.63) is 77.2 Å². The second-order valence-corrected chi connectivity index (χ2v) is 5.14. The van der Waals surface area contributed by atoms with Crippen molar-refractivity contribution in [2.45, 2.75) is 13.2 Å². The van der Waals surface area contributed by atoms with Crippen LogP contribution in [0.15, 0.2) is 54.7 Å². The molecule has 3 aromatic rings. The van der Waals surface area contributed by atoms with Crippen LogP contribution in [0.2, 0.25) is 0 Å². The first-order valence-electron chi connectivity index (χ1n) is 7.19. The van der Waals surface area contributed by atoms with E-state index >= 15 is 0 Å². The number of fused-ring (bicyclic) bond motifs is 1. The molecule has 0 aliphatic heterocycles. The molecular formula is C18H15FN2O2. The number of benzene rings is 2. The lowest BCUT2D eigenvalue weighted by atomic mass is 10.1. The summed E-state index contributed by atoms with van der Waals surface area (Å²) in [5.74, 6) is -0.679. The highest BCUT2D eigenvalue weighted by atomic mass is 19.1. The molecule has 1 aromatic heterocycles. The molecule has 2 N–H and O–H groups in total. The number of aliphatic hydroxyl groups is 1. The van der Waals surface area contributed by atoms with Gasteiger partial charge in [0.05, 0.1) is 12.1 Å². The van der Waals surface area contributed by atoms with Gasteiger partial charge in [-0.3, -0.25) is 9.78 Å². The van der Waals surface area contributed by atoms with Crippen LogP contribution in [0.3, 0.4) is 0 Å². The smallest absolute Gasteiger partial charge is 0.252 e. The summed E-state index contributed by atoms with van der Waals surface area (Å²) in [6.07, 6.45) is 1.68. The molecule has 116 valence electrons. The van der Waals surface area contributed by atoms with Gasteiger partial charge in [-0.25, -0.2) is 4.39 Å². The van der Waals surface area contributed by atoms with Crippen molar-refractivity contribution in [2.75, 3.05) is 0 Å². The summed E-state index contributed by atoms with van der Waals surface area (Å²) in [5, 5.41) is 12.7. The maximum Gasteiger partial charge on any atom is 0.252 e. The van der Waals surface area contributed by atoms with Crippen LogP contribution < -0.4 is 5.32 Å². The van der Waals surface area contributed by atoms with Crippen LogP contribution >= 0.6 is 0 Å². The molecule has 0 aliphatic rings. The first kappa shape index (κ1) is 15.1. The third-order valence-corrected chi connectivity index (χ3v) is 3.62. The predicted octanol–water partition coefficient (Wildman–Crippen LogP) is 2.80. The van der Waals surface area contributed by atoms with Crippen LogP contribution in [0.25, 0.3) is 10.9 Å². The molecule has 0 aliphatic carbocycles. The van der Waals surface area contributed by atoms with E-state index in [1.165, 1.54) is 6.07 Å². The van der Waals surface area contributed by atoms with E-state index < -0.39 is 5.82 Å². The summed E-state index contributed by atoms with van der Waals surface area (Å²) < 4.78 is 13.4. The maximum atomic E-state index is 13.4. The van der Waals surface area contributed by atoms with Gasteiger partial charge in [0, 0.05) is 29.3 Å². The molecule has 0 radical (unpaired) electrons. The van der Waals surface area contributed by atoms with E-state index in [1.807, 2.05) is 12.1 Å². The SMILES string of the molecule is O=C(NCc1ccc(F)c(CO)c1)c1cccc2ncccc12. The van der Waals surface area contributed by atoms with Gasteiger partial charge in [-0.2, -0.15) is 0 Å². The highest BCUT2D eigenvalue weighted by molar-refractivity contribution is 6.06. The summed E-state index contributed by atoms with van der Waals surface area (Å²) in [6, 6.07) is 13.4. The second-order valence-electron chi connectivity index (χ2n) is 5.14. The average molecular weight is 310 g/mol. The molecular weight excluding hydrogens is 295 g/mol. The summed E-state index contributed by atoms with van der Waals surface area (Å²) in [7, 11) is 0. The Morgan fingerprint density at radius 2 is 2.04 bits per heavy atom. The molecule has 0 bridgehead atoms. The van der Waals surface area contributed by atoms with Gasteiger partial charge in [0.1, 0.15) is 5.82 Å². The number of aliphatic hydroxyl groups excluding tert-OH is 1. The zero-order valence-corrected chi connectivity index (χ0v) is 12.3. The molecule has 3 rings (SSSR count). The third kappa shape index (κ3) is 3.19. The summed E-state index contributed by atoms with van der Waals surface area (Å²) in [5.41, 5.74) is 2.23. The van der Waals surface area contributed by atoms with Crippen molar-refractivity contribution >= 4 is 16.8 Å². The van der Waals surface area contributed by atoms with Crippen molar-refractivity contribution in [3.63, 3.8) is 0 Å². The largest absolute Gasteiger partial charge is 0.392 e. The molecule has 0 saturated heterocycles. The van der Waals surface area contributed by atoms with Gasteiger partial charge < -0.3 is 10.4 Å². The molecule has 1 amide bonds. The van der Waals surface area contributed by atoms with Gasteiger partial charge in [-0.1, -0.05) is 18.2 Å². The predicted molar refractivity (Wildman–Crippen MR) is 85.2 cm³/mol. The highest BCUT2D eigenvalue weighted by Gasteiger charge is 2.10. The first-order chi connectivity index (χ1) is 11.2. The first-order valence-corrected chi connectivity index (χ1v) is 7.19. The van der Waals surface area contributed by atoms with Crippen LogP contribution in [0.5, 0.6) is 0 Å². The quantitative estimate of drug-likeness (QED) is 0.779. The minimum Gasteiger partial charge on any atom is -0.392 e. The lowest BCUT2D eigenvalue weighted by molar-refractivity contribution is 0.0952. The molecule has 0 atom stereocenters. The van der Waals surface area contributed by atoms with E-state index in [1.54, 1.807) is 36.5 Å². The van der Waals surface area contributed by atoms with Crippen molar-refractivity contribution in [1.82, 2.24) is 10.3 Å². The van der Waals surface area contributed by atoms with Crippen LogP contribution in [0.1, 0.15) is 21.5 Å². The number of aromatic nitrogens is 1. The van der Waals surface area contributed by atoms with Crippen molar-refractivity contribution in [1.29, 1.82) is 0 Å². The van der Waals surface area contributed by atoms with Gasteiger partial charge in [-0.05, 0) is 35.9 Å². The summed E-state index contributed by atoms with van der Waals surface area (Å²) in [4.78, 5) is 16.6. The van der Waals surface area contributed by atoms with Crippen molar-refractivity contribution < 1.29 is 14.3 Å². The molecule has 0 spiro atoms. The minimum absolute atomic E-state index is 0.214. The number of amides is 1. The number of pyridine rings is 1. The fourth-order valence-electron chi connectivity index (χ4n) is 2.44. The molecule has 5 heteroatoms. The van der Waals surface area contributed by atoms with Crippen molar-refractivity contribution in [2.24, 2.45) is 0 Å². The zero-order valence-electron chi connectivity index (χ0n) is 12.3. The van der Waals surface area contributed by atoms with E-state index in [0.717, 1.165) is 16.5 Å². The van der Waals surface area contributed by atoms with E-state index in [2.05, 4.69) is 10.3 Å². The van der Waals surface area contributed by atoms with E-state index in [9.17, 15) is 9.18 Å². The van der Waals surface area contributed by atoms with Crippen LogP contribution in [0.4, 0.5) is 4.39 Å². The summed E-state index contributed by atoms with van der Waals surface area (Å²) in [6.45, 7) is -0.120. The number of rotatable bonds is 4. The van der Waals surface area contributed by atoms with Crippen LogP contribution in [-0.4, -0.2) is 16.0 Å². The number of hydrogen-bond donors (Lipinski definition) is 2. The maximum absolute atomic E-state index is 13.4. The number of nitrogens with one attached hydrogen (secondary N) is 1. The van der Waals surface area contributed by atoms with E-state index in [4.69, 9.17) is 5.11 Å². The van der Waals surface area contributed by atoms with Crippen molar-refractivity contribution in [3.8, 4) is 0 Å². The minimum atomic E-state index is -0.456. The van der Waals surface area contributed by atoms with Crippen LogP contribution in [-0.2, 0) is 13.2 Å². The topological polar surface area (TPSA) is 62.2 Å². The lowest BCUT2D eigenvalue weighted by Crippen LogP contribution is -2.23. The Bertz CT molecular complexity index is 859. The lowest BCUT2D eigenvalue weighted by Gasteiger charge is -2.09. The van der Waals surface area contributed by atoms with E-state index in [0.29, 0.717) is 5.56 Å². The number of hydrogen-bond acceptors (Lipinski definition) is 3. The molecule has 1 heterocycles. The van der Waals surface area contributed by atoms with E-state index in [-0.39, 0.29) is 24.6 Å². The Balaban J connectivity index is 1.79. The Hall–Kier alpha value is -2.79. The highest BCUT2D eigenvalue weighted by Crippen LogP contribution is 2.16. The number of carbonyl (C=O) groups is 1. The molecule has 4 nitrogen and oxygen atoms in total. The third-order valence-electron chi connectivity index (χ3n) is 3.62. The van der Waals surface area contributed by atoms with Gasteiger partial charge in [0.25, 0.3) is 5.91 Å². The molecule has 0 unspecified atom stereocenters.